The van der Waals surface area contributed by atoms with Crippen LogP contribution in [0.1, 0.15) is 38.2 Å². The summed E-state index contributed by atoms with van der Waals surface area (Å²) < 4.78 is 10.7. The summed E-state index contributed by atoms with van der Waals surface area (Å²) in [5.74, 6) is 1.78. The average Bonchev–Trinajstić information content (AvgIpc) is 2.99. The third kappa shape index (κ3) is 5.39. The van der Waals surface area contributed by atoms with E-state index in [4.69, 9.17) is 9.47 Å². The largest absolute Gasteiger partial charge is 0.454 e. The summed E-state index contributed by atoms with van der Waals surface area (Å²) in [6, 6.07) is 5.73. The second-order valence-corrected chi connectivity index (χ2v) is 6.30. The molecule has 0 unspecified atom stereocenters. The summed E-state index contributed by atoms with van der Waals surface area (Å²) in [6.45, 7) is 3.25. The maximum atomic E-state index is 12.5. The molecule has 1 aromatic rings. The molecule has 0 spiro atoms. The molecule has 0 amide bonds. The van der Waals surface area contributed by atoms with Gasteiger partial charge in [0.15, 0.2) is 17.3 Å². The first-order chi connectivity index (χ1) is 11.1. The zero-order chi connectivity index (χ0) is 16.7. The predicted octanol–water partition coefficient (Wildman–Crippen LogP) is 3.76. The van der Waals surface area contributed by atoms with Crippen LogP contribution in [0.2, 0.25) is 0 Å². The standard InChI is InChI=1S/C19H27NO3/c1-4-5-6-7-16(13-20(2)3)17(21)10-8-15-9-11-18-19(12-15)23-14-22-18/h8-12,16H,4-7,13-14H2,1-3H3/b10-8-/t16-/m1/s1. The minimum atomic E-state index is 0.0711. The van der Waals surface area contributed by atoms with Gasteiger partial charge in [0.05, 0.1) is 0 Å². The zero-order valence-corrected chi connectivity index (χ0v) is 14.4. The predicted molar refractivity (Wildman–Crippen MR) is 92.8 cm³/mol. The summed E-state index contributed by atoms with van der Waals surface area (Å²) in [5, 5.41) is 0. The molecule has 1 heterocycles. The van der Waals surface area contributed by atoms with Crippen LogP contribution >= 0.6 is 0 Å². The monoisotopic (exact) mass is 317 g/mol. The molecule has 4 heteroatoms. The third-order valence-corrected chi connectivity index (χ3v) is 3.98. The van der Waals surface area contributed by atoms with E-state index in [-0.39, 0.29) is 18.5 Å². The number of rotatable bonds is 9. The Labute approximate surface area is 139 Å². The van der Waals surface area contributed by atoms with Gasteiger partial charge in [-0.05, 0) is 44.3 Å². The van der Waals surface area contributed by atoms with Gasteiger partial charge in [-0.3, -0.25) is 4.79 Å². The topological polar surface area (TPSA) is 38.8 Å². The fourth-order valence-corrected chi connectivity index (χ4v) is 2.74. The number of ether oxygens (including phenoxy) is 2. The van der Waals surface area contributed by atoms with E-state index in [0.29, 0.717) is 0 Å². The molecule has 23 heavy (non-hydrogen) atoms. The first-order valence-corrected chi connectivity index (χ1v) is 8.36. The maximum absolute atomic E-state index is 12.5. The molecule has 1 aromatic carbocycles. The fourth-order valence-electron chi connectivity index (χ4n) is 2.74. The van der Waals surface area contributed by atoms with E-state index in [0.717, 1.165) is 36.4 Å². The van der Waals surface area contributed by atoms with E-state index >= 15 is 0 Å². The van der Waals surface area contributed by atoms with Gasteiger partial charge >= 0.3 is 0 Å². The van der Waals surface area contributed by atoms with Crippen molar-refractivity contribution in [1.29, 1.82) is 0 Å². The smallest absolute Gasteiger partial charge is 0.231 e. The Bertz CT molecular complexity index is 552. The number of unbranched alkanes of at least 4 members (excludes halogenated alkanes) is 2. The Morgan fingerprint density at radius 3 is 2.78 bits per heavy atom. The molecule has 0 fully saturated rings. The lowest BCUT2D eigenvalue weighted by molar-refractivity contribution is -0.118. The Balaban J connectivity index is 1.98. The highest BCUT2D eigenvalue weighted by Crippen LogP contribution is 2.32. The molecule has 0 aromatic heterocycles. The molecule has 4 nitrogen and oxygen atoms in total. The molecule has 0 saturated heterocycles. The number of fused-ring (bicyclic) bond motifs is 1. The van der Waals surface area contributed by atoms with Crippen molar-refractivity contribution in [2.45, 2.75) is 32.6 Å². The van der Waals surface area contributed by atoms with Gasteiger partial charge in [0.1, 0.15) is 0 Å². The molecular formula is C19H27NO3. The van der Waals surface area contributed by atoms with Gasteiger partial charge in [-0.15, -0.1) is 0 Å². The molecule has 1 aliphatic heterocycles. The first kappa shape index (κ1) is 17.5. The number of carbonyl (C=O) groups is 1. The molecule has 0 aliphatic carbocycles. The van der Waals surface area contributed by atoms with Crippen molar-refractivity contribution in [1.82, 2.24) is 4.90 Å². The van der Waals surface area contributed by atoms with Crippen LogP contribution in [0.4, 0.5) is 0 Å². The number of hydrogen-bond acceptors (Lipinski definition) is 4. The maximum Gasteiger partial charge on any atom is 0.231 e. The second kappa shape index (κ2) is 8.73. The van der Waals surface area contributed by atoms with E-state index in [1.54, 1.807) is 6.08 Å². The van der Waals surface area contributed by atoms with Crippen molar-refractivity contribution in [3.63, 3.8) is 0 Å². The lowest BCUT2D eigenvalue weighted by Crippen LogP contribution is -2.27. The van der Waals surface area contributed by atoms with Crippen molar-refractivity contribution in [2.75, 3.05) is 27.4 Å². The number of benzene rings is 1. The number of ketones is 1. The summed E-state index contributed by atoms with van der Waals surface area (Å²) in [4.78, 5) is 14.6. The first-order valence-electron chi connectivity index (χ1n) is 8.36. The Kier molecular flexibility index (Phi) is 6.66. The van der Waals surface area contributed by atoms with E-state index in [2.05, 4.69) is 11.8 Å². The van der Waals surface area contributed by atoms with Crippen LogP contribution in [0.5, 0.6) is 11.5 Å². The van der Waals surface area contributed by atoms with Crippen LogP contribution in [0.3, 0.4) is 0 Å². The minimum absolute atomic E-state index is 0.0711. The van der Waals surface area contributed by atoms with Gasteiger partial charge < -0.3 is 14.4 Å². The SMILES string of the molecule is CCCCC[C@H](CN(C)C)C(=O)/C=C\c1ccc2c(c1)OCO2. The minimum Gasteiger partial charge on any atom is -0.454 e. The molecule has 0 bridgehead atoms. The van der Waals surface area contributed by atoms with Crippen molar-refractivity contribution < 1.29 is 14.3 Å². The third-order valence-electron chi connectivity index (χ3n) is 3.98. The number of hydrogen-bond donors (Lipinski definition) is 0. The second-order valence-electron chi connectivity index (χ2n) is 6.30. The zero-order valence-electron chi connectivity index (χ0n) is 14.4. The van der Waals surface area contributed by atoms with Gasteiger partial charge in [0.25, 0.3) is 0 Å². The Morgan fingerprint density at radius 1 is 1.26 bits per heavy atom. The van der Waals surface area contributed by atoms with Crippen molar-refractivity contribution >= 4 is 11.9 Å². The summed E-state index contributed by atoms with van der Waals surface area (Å²) >= 11 is 0. The highest BCUT2D eigenvalue weighted by atomic mass is 16.7. The lowest BCUT2D eigenvalue weighted by Gasteiger charge is -2.18. The lowest BCUT2D eigenvalue weighted by atomic mass is 9.95. The Hall–Kier alpha value is -1.81. The quantitative estimate of drug-likeness (QED) is 0.513. The van der Waals surface area contributed by atoms with Crippen molar-refractivity contribution in [3.8, 4) is 11.5 Å². The highest BCUT2D eigenvalue weighted by molar-refractivity contribution is 5.95. The molecule has 0 N–H and O–H groups in total. The van der Waals surface area contributed by atoms with Crippen molar-refractivity contribution in [3.05, 3.63) is 29.8 Å². The van der Waals surface area contributed by atoms with E-state index in [1.165, 1.54) is 12.8 Å². The normalized spacial score (nSPS) is 14.6. The molecule has 1 atom stereocenters. The molecule has 126 valence electrons. The highest BCUT2D eigenvalue weighted by Gasteiger charge is 2.17. The van der Waals surface area contributed by atoms with Gasteiger partial charge in [-0.2, -0.15) is 0 Å². The van der Waals surface area contributed by atoms with E-state index < -0.39 is 0 Å². The van der Waals surface area contributed by atoms with Crippen LogP contribution in [0, 0.1) is 5.92 Å². The molecule has 2 rings (SSSR count). The van der Waals surface area contributed by atoms with Gasteiger partial charge in [0, 0.05) is 12.5 Å². The molecular weight excluding hydrogens is 290 g/mol. The van der Waals surface area contributed by atoms with Crippen LogP contribution in [0.15, 0.2) is 24.3 Å². The van der Waals surface area contributed by atoms with Crippen LogP contribution in [-0.2, 0) is 4.79 Å². The van der Waals surface area contributed by atoms with E-state index in [1.807, 2.05) is 38.4 Å². The van der Waals surface area contributed by atoms with E-state index in [9.17, 15) is 4.79 Å². The van der Waals surface area contributed by atoms with Crippen LogP contribution in [-0.4, -0.2) is 38.1 Å². The van der Waals surface area contributed by atoms with Crippen LogP contribution in [0.25, 0.3) is 6.08 Å². The van der Waals surface area contributed by atoms with Crippen LogP contribution < -0.4 is 9.47 Å². The van der Waals surface area contributed by atoms with Gasteiger partial charge in [0.2, 0.25) is 6.79 Å². The fraction of sp³-hybridized carbons (Fsp3) is 0.526. The summed E-state index contributed by atoms with van der Waals surface area (Å²) in [5.41, 5.74) is 0.958. The Morgan fingerprint density at radius 2 is 2.04 bits per heavy atom. The van der Waals surface area contributed by atoms with Gasteiger partial charge in [-0.1, -0.05) is 38.3 Å². The molecule has 0 saturated carbocycles. The number of carbonyl (C=O) groups excluding carboxylic acids is 1. The summed E-state index contributed by atoms with van der Waals surface area (Å²) in [6.07, 6.45) is 8.00. The van der Waals surface area contributed by atoms with Gasteiger partial charge in [-0.25, -0.2) is 0 Å². The average molecular weight is 317 g/mol. The number of allylic oxidation sites excluding steroid dienone is 1. The molecule has 1 aliphatic rings. The molecule has 0 radical (unpaired) electrons. The summed E-state index contributed by atoms with van der Waals surface area (Å²) in [7, 11) is 4.03. The number of nitrogens with zero attached hydrogens (tertiary/aromatic N) is 1. The van der Waals surface area contributed by atoms with Crippen molar-refractivity contribution in [2.24, 2.45) is 5.92 Å².